The number of rotatable bonds is 35. The first kappa shape index (κ1) is 47.8. The quantitative estimate of drug-likeness (QED) is 0.0298. The van der Waals surface area contributed by atoms with E-state index >= 15 is 0 Å². The van der Waals surface area contributed by atoms with Crippen LogP contribution < -0.4 is 0 Å². The van der Waals surface area contributed by atoms with Gasteiger partial charge in [0, 0.05) is 12.8 Å². The zero-order valence-electron chi connectivity index (χ0n) is 31.8. The smallest absolute Gasteiger partial charge is 0.462 e. The van der Waals surface area contributed by atoms with Crippen molar-refractivity contribution in [3.05, 3.63) is 60.8 Å². The molecular formula is C41H71O8P. The Kier molecular flexibility index (Phi) is 34.9. The van der Waals surface area contributed by atoms with Crippen LogP contribution in [-0.2, 0) is 32.7 Å². The maximum absolute atomic E-state index is 12.5. The second-order valence-electron chi connectivity index (χ2n) is 12.6. The number of phosphoric ester groups is 1. The lowest BCUT2D eigenvalue weighted by molar-refractivity contribution is -0.161. The molecule has 0 rings (SSSR count). The fourth-order valence-corrected chi connectivity index (χ4v) is 5.76. The van der Waals surface area contributed by atoms with Crippen molar-refractivity contribution < 1.29 is 37.6 Å². The third kappa shape index (κ3) is 35.6. The average molecular weight is 723 g/mol. The van der Waals surface area contributed by atoms with Crippen molar-refractivity contribution in [1.82, 2.24) is 0 Å². The van der Waals surface area contributed by atoms with Crippen LogP contribution in [0.15, 0.2) is 60.8 Å². The fraction of sp³-hybridized carbons (Fsp3) is 0.707. The van der Waals surface area contributed by atoms with Gasteiger partial charge in [0.15, 0.2) is 6.10 Å². The van der Waals surface area contributed by atoms with Crippen LogP contribution in [0, 0.1) is 0 Å². The molecule has 288 valence electrons. The summed E-state index contributed by atoms with van der Waals surface area (Å²) in [6.45, 7) is 5.29. The minimum atomic E-state index is -4.29. The van der Waals surface area contributed by atoms with Crippen molar-refractivity contribution in [2.24, 2.45) is 0 Å². The molecule has 0 aromatic carbocycles. The van der Waals surface area contributed by atoms with Crippen LogP contribution >= 0.6 is 7.82 Å². The standard InChI is InChI=1S/C41H71O8P/c1-4-7-9-11-13-15-17-18-19-20-21-22-23-24-26-28-30-32-34-36-41(43)49-39(38-48-50(44,45)47-6-3)37-46-40(42)35-33-31-29-27-25-16-14-12-10-8-5-2/h7,9,13,15,18-19,21-22,24,26,39H,4-6,8,10-12,14,16-17,20,23,25,27-38H2,1-3H3,(H,44,45)/b9-7-,15-13-,19-18-,22-21-,26-24-. The van der Waals surface area contributed by atoms with Crippen molar-refractivity contribution in [3.63, 3.8) is 0 Å². The second kappa shape index (κ2) is 36.5. The van der Waals surface area contributed by atoms with Crippen LogP contribution in [0.5, 0.6) is 0 Å². The molecule has 0 radical (unpaired) electrons. The second-order valence-corrected chi connectivity index (χ2v) is 14.0. The normalized spacial score (nSPS) is 14.1. The highest BCUT2D eigenvalue weighted by Gasteiger charge is 2.25. The molecule has 0 saturated heterocycles. The Hall–Kier alpha value is -2.25. The number of hydrogen-bond acceptors (Lipinski definition) is 7. The maximum Gasteiger partial charge on any atom is 0.472 e. The van der Waals surface area contributed by atoms with Crippen LogP contribution in [0.4, 0.5) is 0 Å². The van der Waals surface area contributed by atoms with Gasteiger partial charge >= 0.3 is 19.8 Å². The van der Waals surface area contributed by atoms with Gasteiger partial charge in [-0.05, 0) is 64.7 Å². The number of unbranched alkanes of at least 4 members (excludes halogenated alkanes) is 13. The Morgan fingerprint density at radius 3 is 1.54 bits per heavy atom. The van der Waals surface area contributed by atoms with Gasteiger partial charge in [0.1, 0.15) is 6.61 Å². The van der Waals surface area contributed by atoms with Gasteiger partial charge in [-0.3, -0.25) is 18.6 Å². The minimum Gasteiger partial charge on any atom is -0.462 e. The number of ether oxygens (including phenoxy) is 2. The lowest BCUT2D eigenvalue weighted by atomic mass is 10.1. The molecule has 0 fully saturated rings. The van der Waals surface area contributed by atoms with Gasteiger partial charge in [-0.25, -0.2) is 4.57 Å². The summed E-state index contributed by atoms with van der Waals surface area (Å²) < 4.78 is 32.5. The van der Waals surface area contributed by atoms with Crippen molar-refractivity contribution in [3.8, 4) is 0 Å². The summed E-state index contributed by atoms with van der Waals surface area (Å²) in [7, 11) is -4.29. The lowest BCUT2D eigenvalue weighted by Crippen LogP contribution is -2.29. The third-order valence-electron chi connectivity index (χ3n) is 7.84. The molecule has 2 unspecified atom stereocenters. The molecule has 8 nitrogen and oxygen atoms in total. The molecule has 0 heterocycles. The minimum absolute atomic E-state index is 0.00814. The van der Waals surface area contributed by atoms with E-state index in [1.54, 1.807) is 6.92 Å². The molecule has 50 heavy (non-hydrogen) atoms. The molecule has 9 heteroatoms. The highest BCUT2D eigenvalue weighted by Crippen LogP contribution is 2.43. The molecule has 0 aliphatic carbocycles. The molecule has 2 atom stereocenters. The van der Waals surface area contributed by atoms with Gasteiger partial charge in [-0.1, -0.05) is 145 Å². The highest BCUT2D eigenvalue weighted by molar-refractivity contribution is 7.47. The monoisotopic (exact) mass is 722 g/mol. The predicted molar refractivity (Wildman–Crippen MR) is 207 cm³/mol. The van der Waals surface area contributed by atoms with Crippen molar-refractivity contribution in [2.45, 2.75) is 168 Å². The predicted octanol–water partition coefficient (Wildman–Crippen LogP) is 12.0. The highest BCUT2D eigenvalue weighted by atomic mass is 31.2. The molecule has 0 aromatic rings. The molecule has 0 spiro atoms. The lowest BCUT2D eigenvalue weighted by Gasteiger charge is -2.19. The van der Waals surface area contributed by atoms with E-state index in [4.69, 9.17) is 18.5 Å². The zero-order valence-corrected chi connectivity index (χ0v) is 32.7. The van der Waals surface area contributed by atoms with E-state index in [1.165, 1.54) is 51.4 Å². The Labute approximate surface area is 305 Å². The number of carbonyl (C=O) groups excluding carboxylic acids is 2. The molecule has 0 aromatic heterocycles. The fourth-order valence-electron chi connectivity index (χ4n) is 5.01. The maximum atomic E-state index is 12.5. The summed E-state index contributed by atoms with van der Waals surface area (Å²) in [4.78, 5) is 34.6. The Balaban J connectivity index is 4.21. The topological polar surface area (TPSA) is 108 Å². The number of hydrogen-bond donors (Lipinski definition) is 1. The molecule has 0 aliphatic rings. The Bertz CT molecular complexity index is 1000. The molecule has 0 saturated carbocycles. The van der Waals surface area contributed by atoms with E-state index in [1.807, 2.05) is 0 Å². The van der Waals surface area contributed by atoms with Gasteiger partial charge in [-0.15, -0.1) is 0 Å². The third-order valence-corrected chi connectivity index (χ3v) is 8.90. The number of allylic oxidation sites excluding steroid dienone is 10. The van der Waals surface area contributed by atoms with Crippen LogP contribution in [0.3, 0.4) is 0 Å². The molecule has 1 N–H and O–H groups in total. The van der Waals surface area contributed by atoms with Gasteiger partial charge in [-0.2, -0.15) is 0 Å². The average Bonchev–Trinajstić information content (AvgIpc) is 3.09. The van der Waals surface area contributed by atoms with Crippen LogP contribution in [0.2, 0.25) is 0 Å². The molecular weight excluding hydrogens is 651 g/mol. The first-order chi connectivity index (χ1) is 24.3. The number of carbonyl (C=O) groups is 2. The van der Waals surface area contributed by atoms with Gasteiger partial charge in [0.05, 0.1) is 13.2 Å². The zero-order chi connectivity index (χ0) is 36.8. The van der Waals surface area contributed by atoms with Crippen molar-refractivity contribution in [2.75, 3.05) is 19.8 Å². The van der Waals surface area contributed by atoms with E-state index in [0.29, 0.717) is 6.42 Å². The summed E-state index contributed by atoms with van der Waals surface area (Å²) >= 11 is 0. The molecule has 0 aliphatic heterocycles. The molecule has 0 amide bonds. The van der Waals surface area contributed by atoms with Crippen LogP contribution in [0.25, 0.3) is 0 Å². The first-order valence-electron chi connectivity index (χ1n) is 19.6. The largest absolute Gasteiger partial charge is 0.472 e. The van der Waals surface area contributed by atoms with Gasteiger partial charge in [0.2, 0.25) is 0 Å². The summed E-state index contributed by atoms with van der Waals surface area (Å²) in [6.07, 6.45) is 42.7. The van der Waals surface area contributed by atoms with Crippen molar-refractivity contribution in [1.29, 1.82) is 0 Å². The SMILES string of the molecule is CC/C=C\C/C=C\C/C=C\C/C=C\C/C=C\CCCCCC(=O)OC(COC(=O)CCCCCCCCCCCCC)COP(=O)(O)OCC. The summed E-state index contributed by atoms with van der Waals surface area (Å²) in [6, 6.07) is 0. The Morgan fingerprint density at radius 2 is 1.02 bits per heavy atom. The van der Waals surface area contributed by atoms with Crippen LogP contribution in [0.1, 0.15) is 162 Å². The van der Waals surface area contributed by atoms with Gasteiger partial charge < -0.3 is 14.4 Å². The Morgan fingerprint density at radius 1 is 0.560 bits per heavy atom. The number of esters is 2. The molecule has 0 bridgehead atoms. The van der Waals surface area contributed by atoms with Gasteiger partial charge in [0.25, 0.3) is 0 Å². The van der Waals surface area contributed by atoms with E-state index in [0.717, 1.165) is 70.6 Å². The number of phosphoric acid groups is 1. The summed E-state index contributed by atoms with van der Waals surface area (Å²) in [5.41, 5.74) is 0. The van der Waals surface area contributed by atoms with E-state index in [9.17, 15) is 19.0 Å². The van der Waals surface area contributed by atoms with Crippen LogP contribution in [-0.4, -0.2) is 42.8 Å². The van der Waals surface area contributed by atoms with E-state index in [2.05, 4.69) is 74.6 Å². The summed E-state index contributed by atoms with van der Waals surface area (Å²) in [5, 5.41) is 0. The van der Waals surface area contributed by atoms with Crippen molar-refractivity contribution >= 4 is 19.8 Å². The van der Waals surface area contributed by atoms with E-state index < -0.39 is 26.5 Å². The summed E-state index contributed by atoms with van der Waals surface area (Å²) in [5.74, 6) is -0.840. The van der Waals surface area contributed by atoms with E-state index in [-0.39, 0.29) is 32.0 Å². The first-order valence-corrected chi connectivity index (χ1v) is 21.1.